The number of ketones is 1. The van der Waals surface area contributed by atoms with Crippen molar-refractivity contribution in [3.8, 4) is 0 Å². The van der Waals surface area contributed by atoms with Crippen LogP contribution in [0.15, 0.2) is 53.8 Å². The van der Waals surface area contributed by atoms with Crippen LogP contribution in [0.5, 0.6) is 0 Å². The zero-order valence-electron chi connectivity index (χ0n) is 10.4. The van der Waals surface area contributed by atoms with Gasteiger partial charge in [0.05, 0.1) is 5.69 Å². The number of Topliss-reactive ketones (excluding diaryl/α,β-unsaturated/α-hetero) is 1. The van der Waals surface area contributed by atoms with Gasteiger partial charge in [-0.15, -0.1) is 0 Å². The molecule has 0 atom stereocenters. The normalized spacial score (nSPS) is 11.3. The van der Waals surface area contributed by atoms with Crippen LogP contribution in [0, 0.1) is 0 Å². The molecule has 2 rings (SSSR count). The zero-order chi connectivity index (χ0) is 13.0. The van der Waals surface area contributed by atoms with Gasteiger partial charge in [-0.25, -0.2) is 0 Å². The predicted molar refractivity (Wildman–Crippen MR) is 72.6 cm³/mol. The van der Waals surface area contributed by atoms with Crippen LogP contribution in [0.25, 0.3) is 0 Å². The minimum Gasteiger partial charge on any atom is -0.295 e. The first-order valence-corrected chi connectivity index (χ1v) is 5.73. The van der Waals surface area contributed by atoms with E-state index < -0.39 is 0 Å². The number of aromatic nitrogens is 1. The van der Waals surface area contributed by atoms with Gasteiger partial charge >= 0.3 is 0 Å². The van der Waals surface area contributed by atoms with E-state index >= 15 is 0 Å². The summed E-state index contributed by atoms with van der Waals surface area (Å²) >= 11 is 0. The minimum absolute atomic E-state index is 0.0644. The van der Waals surface area contributed by atoms with Gasteiger partial charge in [0.25, 0.3) is 0 Å². The van der Waals surface area contributed by atoms with Gasteiger partial charge in [0, 0.05) is 29.2 Å². The molecular weight excluding hydrogens is 224 g/mol. The van der Waals surface area contributed by atoms with Crippen molar-refractivity contribution in [2.45, 2.75) is 13.8 Å². The van der Waals surface area contributed by atoms with Gasteiger partial charge in [-0.1, -0.05) is 6.07 Å². The fourth-order valence-electron chi connectivity index (χ4n) is 1.61. The third-order valence-electron chi connectivity index (χ3n) is 2.65. The molecule has 0 aliphatic heterocycles. The lowest BCUT2D eigenvalue weighted by Crippen LogP contribution is -1.94. The van der Waals surface area contributed by atoms with Gasteiger partial charge in [-0.3, -0.25) is 14.8 Å². The van der Waals surface area contributed by atoms with E-state index in [1.165, 1.54) is 0 Å². The number of benzene rings is 1. The van der Waals surface area contributed by atoms with Crippen molar-refractivity contribution >= 4 is 17.2 Å². The Morgan fingerprint density at radius 3 is 2.33 bits per heavy atom. The lowest BCUT2D eigenvalue weighted by molar-refractivity contribution is 0.101. The van der Waals surface area contributed by atoms with Crippen molar-refractivity contribution in [2.75, 3.05) is 0 Å². The molecule has 0 spiro atoms. The molecule has 0 saturated carbocycles. The maximum absolute atomic E-state index is 11.2. The molecule has 0 amide bonds. The van der Waals surface area contributed by atoms with Crippen LogP contribution in [-0.4, -0.2) is 16.5 Å². The van der Waals surface area contributed by atoms with E-state index in [-0.39, 0.29) is 5.78 Å². The van der Waals surface area contributed by atoms with Crippen LogP contribution in [0.2, 0.25) is 0 Å². The fourth-order valence-corrected chi connectivity index (χ4v) is 1.61. The summed E-state index contributed by atoms with van der Waals surface area (Å²) in [6, 6.07) is 11.1. The van der Waals surface area contributed by atoms with Gasteiger partial charge in [0.2, 0.25) is 0 Å². The molecule has 3 heteroatoms. The van der Waals surface area contributed by atoms with E-state index in [0.29, 0.717) is 5.56 Å². The van der Waals surface area contributed by atoms with Gasteiger partial charge in [0.1, 0.15) is 0 Å². The maximum Gasteiger partial charge on any atom is 0.159 e. The lowest BCUT2D eigenvalue weighted by Gasteiger charge is -2.01. The molecule has 1 aromatic heterocycles. The van der Waals surface area contributed by atoms with E-state index in [9.17, 15) is 4.79 Å². The second-order valence-corrected chi connectivity index (χ2v) is 4.04. The standard InChI is InChI=1S/C15H14N2O/c1-11(14-4-3-9-16-10-14)17-15-7-5-13(6-8-15)12(2)18/h3-10H,1-2H3. The first-order valence-electron chi connectivity index (χ1n) is 5.73. The highest BCUT2D eigenvalue weighted by Crippen LogP contribution is 2.15. The fraction of sp³-hybridized carbons (Fsp3) is 0.133. The summed E-state index contributed by atoms with van der Waals surface area (Å²) in [6.45, 7) is 3.50. The highest BCUT2D eigenvalue weighted by Gasteiger charge is 2.00. The van der Waals surface area contributed by atoms with Gasteiger partial charge in [-0.05, 0) is 44.2 Å². The van der Waals surface area contributed by atoms with Gasteiger partial charge in [-0.2, -0.15) is 0 Å². The minimum atomic E-state index is 0.0644. The topological polar surface area (TPSA) is 42.3 Å². The van der Waals surface area contributed by atoms with Crippen LogP contribution < -0.4 is 0 Å². The second-order valence-electron chi connectivity index (χ2n) is 4.04. The third kappa shape index (κ3) is 2.88. The molecule has 90 valence electrons. The molecule has 0 aliphatic rings. The molecule has 0 saturated heterocycles. The van der Waals surface area contributed by atoms with E-state index in [1.54, 1.807) is 31.5 Å². The molecule has 0 aliphatic carbocycles. The molecule has 18 heavy (non-hydrogen) atoms. The number of carbonyl (C=O) groups excluding carboxylic acids is 1. The molecule has 0 bridgehead atoms. The molecular formula is C15H14N2O. The molecule has 0 N–H and O–H groups in total. The summed E-state index contributed by atoms with van der Waals surface area (Å²) in [5, 5.41) is 0. The van der Waals surface area contributed by atoms with Crippen LogP contribution in [0.3, 0.4) is 0 Å². The number of hydrogen-bond donors (Lipinski definition) is 0. The van der Waals surface area contributed by atoms with E-state index in [1.807, 2.05) is 31.2 Å². The quantitative estimate of drug-likeness (QED) is 0.607. The van der Waals surface area contributed by atoms with E-state index in [2.05, 4.69) is 9.98 Å². The Morgan fingerprint density at radius 1 is 1.06 bits per heavy atom. The Labute approximate surface area is 106 Å². The van der Waals surface area contributed by atoms with Crippen molar-refractivity contribution in [3.63, 3.8) is 0 Å². The van der Waals surface area contributed by atoms with Crippen LogP contribution in [-0.2, 0) is 0 Å². The lowest BCUT2D eigenvalue weighted by atomic mass is 10.1. The molecule has 0 fully saturated rings. The smallest absolute Gasteiger partial charge is 0.159 e. The maximum atomic E-state index is 11.2. The Kier molecular flexibility index (Phi) is 3.63. The second kappa shape index (κ2) is 5.36. The molecule has 1 heterocycles. The third-order valence-corrected chi connectivity index (χ3v) is 2.65. The SMILES string of the molecule is CC(=O)c1ccc(N=C(C)c2cccnc2)cc1. The Morgan fingerprint density at radius 2 is 1.78 bits per heavy atom. The molecule has 0 unspecified atom stereocenters. The number of rotatable bonds is 3. The molecule has 2 aromatic rings. The van der Waals surface area contributed by atoms with E-state index in [4.69, 9.17) is 0 Å². The van der Waals surface area contributed by atoms with Gasteiger partial charge < -0.3 is 0 Å². The summed E-state index contributed by atoms with van der Waals surface area (Å²) in [5.41, 5.74) is 3.43. The predicted octanol–water partition coefficient (Wildman–Crippen LogP) is 3.42. The monoisotopic (exact) mass is 238 g/mol. The van der Waals surface area contributed by atoms with Crippen LogP contribution >= 0.6 is 0 Å². The van der Waals surface area contributed by atoms with Gasteiger partial charge in [0.15, 0.2) is 5.78 Å². The van der Waals surface area contributed by atoms with Crippen molar-refractivity contribution in [3.05, 3.63) is 59.9 Å². The zero-order valence-corrected chi connectivity index (χ0v) is 10.4. The van der Waals surface area contributed by atoms with Crippen LogP contribution in [0.1, 0.15) is 29.8 Å². The first-order chi connectivity index (χ1) is 8.66. The van der Waals surface area contributed by atoms with E-state index in [0.717, 1.165) is 17.0 Å². The number of carbonyl (C=O) groups is 1. The molecule has 1 aromatic carbocycles. The average Bonchev–Trinajstić information content (AvgIpc) is 2.40. The number of hydrogen-bond acceptors (Lipinski definition) is 3. The largest absolute Gasteiger partial charge is 0.295 e. The average molecular weight is 238 g/mol. The highest BCUT2D eigenvalue weighted by molar-refractivity contribution is 6.00. The Hall–Kier alpha value is -2.29. The number of aliphatic imine (C=N–C) groups is 1. The Bertz CT molecular complexity index is 571. The summed E-state index contributed by atoms with van der Waals surface area (Å²) in [6.07, 6.45) is 3.52. The van der Waals surface area contributed by atoms with Crippen molar-refractivity contribution in [1.29, 1.82) is 0 Å². The summed E-state index contributed by atoms with van der Waals surface area (Å²) in [7, 11) is 0. The first kappa shape index (κ1) is 12.2. The Balaban J connectivity index is 2.25. The summed E-state index contributed by atoms with van der Waals surface area (Å²) < 4.78 is 0. The summed E-state index contributed by atoms with van der Waals surface area (Å²) in [4.78, 5) is 19.7. The van der Waals surface area contributed by atoms with Crippen molar-refractivity contribution in [1.82, 2.24) is 4.98 Å². The van der Waals surface area contributed by atoms with Crippen LogP contribution in [0.4, 0.5) is 5.69 Å². The van der Waals surface area contributed by atoms with Crippen molar-refractivity contribution in [2.24, 2.45) is 4.99 Å². The van der Waals surface area contributed by atoms with Crippen molar-refractivity contribution < 1.29 is 4.79 Å². The summed E-state index contributed by atoms with van der Waals surface area (Å²) in [5.74, 6) is 0.0644. The molecule has 0 radical (unpaired) electrons. The number of pyridine rings is 1. The number of nitrogens with zero attached hydrogens (tertiary/aromatic N) is 2. The highest BCUT2D eigenvalue weighted by atomic mass is 16.1. The molecule has 3 nitrogen and oxygen atoms in total.